The number of nitrogens with one attached hydrogen (secondary N) is 2. The van der Waals surface area contributed by atoms with Gasteiger partial charge in [-0.25, -0.2) is 17.5 Å². The maximum Gasteiger partial charge on any atom is 0.241 e. The lowest BCUT2D eigenvalue weighted by Gasteiger charge is -2.13. The van der Waals surface area contributed by atoms with Gasteiger partial charge in [0.2, 0.25) is 10.0 Å². The summed E-state index contributed by atoms with van der Waals surface area (Å²) in [5, 5.41) is 3.07. The summed E-state index contributed by atoms with van der Waals surface area (Å²) in [5.41, 5.74) is 0.158. The van der Waals surface area contributed by atoms with Crippen LogP contribution in [0.5, 0.6) is 0 Å². The van der Waals surface area contributed by atoms with E-state index in [1.165, 1.54) is 25.1 Å². The molecule has 2 rings (SSSR count). The molecule has 7 heteroatoms. The maximum absolute atomic E-state index is 13.3. The van der Waals surface area contributed by atoms with Gasteiger partial charge in [-0.15, -0.1) is 12.4 Å². The second-order valence-corrected chi connectivity index (χ2v) is 5.86. The Hall–Kier alpha value is -0.690. The highest BCUT2D eigenvalue weighted by Crippen LogP contribution is 2.18. The highest BCUT2D eigenvalue weighted by atomic mass is 35.5. The Labute approximate surface area is 112 Å². The van der Waals surface area contributed by atoms with Crippen molar-refractivity contribution in [1.82, 2.24) is 10.0 Å². The van der Waals surface area contributed by atoms with Crippen molar-refractivity contribution in [1.29, 1.82) is 0 Å². The molecule has 0 amide bonds. The number of hydrogen-bond acceptors (Lipinski definition) is 3. The average Bonchev–Trinajstić information content (AvgIpc) is 2.73. The van der Waals surface area contributed by atoms with Crippen LogP contribution in [-0.2, 0) is 10.0 Å². The van der Waals surface area contributed by atoms with Crippen molar-refractivity contribution in [3.63, 3.8) is 0 Å². The van der Waals surface area contributed by atoms with Crippen LogP contribution in [0.3, 0.4) is 0 Å². The molecule has 1 atom stereocenters. The van der Waals surface area contributed by atoms with Gasteiger partial charge in [-0.2, -0.15) is 0 Å². The van der Waals surface area contributed by atoms with Crippen molar-refractivity contribution in [3.8, 4) is 0 Å². The molecule has 0 radical (unpaired) electrons. The van der Waals surface area contributed by atoms with Crippen molar-refractivity contribution in [2.24, 2.45) is 0 Å². The first-order valence-electron chi connectivity index (χ1n) is 5.49. The Morgan fingerprint density at radius 3 is 2.78 bits per heavy atom. The monoisotopic (exact) mass is 294 g/mol. The smallest absolute Gasteiger partial charge is 0.241 e. The van der Waals surface area contributed by atoms with E-state index in [1.54, 1.807) is 0 Å². The van der Waals surface area contributed by atoms with Gasteiger partial charge in [-0.1, -0.05) is 6.07 Å². The molecule has 0 saturated carbocycles. The van der Waals surface area contributed by atoms with Crippen LogP contribution < -0.4 is 10.0 Å². The molecule has 0 bridgehead atoms. The molecule has 1 saturated heterocycles. The normalized spacial score (nSPS) is 19.6. The summed E-state index contributed by atoms with van der Waals surface area (Å²) in [6.07, 6.45) is 0.758. The lowest BCUT2D eigenvalue weighted by molar-refractivity contribution is 0.555. The number of sulfonamides is 1. The molecule has 4 nitrogen and oxygen atoms in total. The summed E-state index contributed by atoms with van der Waals surface area (Å²) < 4.78 is 40.0. The summed E-state index contributed by atoms with van der Waals surface area (Å²) in [6.45, 7) is 2.89. The summed E-state index contributed by atoms with van der Waals surface area (Å²) in [4.78, 5) is 0.0180. The molecule has 1 aromatic carbocycles. The van der Waals surface area contributed by atoms with Crippen LogP contribution in [0.15, 0.2) is 23.1 Å². The fourth-order valence-electron chi connectivity index (χ4n) is 1.92. The highest BCUT2D eigenvalue weighted by molar-refractivity contribution is 7.89. The minimum Gasteiger partial charge on any atom is -0.315 e. The third kappa shape index (κ3) is 3.20. The van der Waals surface area contributed by atoms with Crippen molar-refractivity contribution < 1.29 is 12.8 Å². The number of hydrogen-bond donors (Lipinski definition) is 2. The van der Waals surface area contributed by atoms with E-state index in [0.29, 0.717) is 6.54 Å². The van der Waals surface area contributed by atoms with Gasteiger partial charge in [0, 0.05) is 18.2 Å². The van der Waals surface area contributed by atoms with Gasteiger partial charge < -0.3 is 5.32 Å². The zero-order valence-electron chi connectivity index (χ0n) is 9.94. The molecule has 1 heterocycles. The summed E-state index contributed by atoms with van der Waals surface area (Å²) in [5.74, 6) is -0.502. The van der Waals surface area contributed by atoms with Gasteiger partial charge in [0.05, 0.1) is 4.90 Å². The Morgan fingerprint density at radius 1 is 1.44 bits per heavy atom. The molecule has 102 valence electrons. The molecule has 2 N–H and O–H groups in total. The Kier molecular flexibility index (Phi) is 5.10. The molecular formula is C11H16ClFN2O2S. The second kappa shape index (κ2) is 5.97. The Morgan fingerprint density at radius 2 is 2.17 bits per heavy atom. The quantitative estimate of drug-likeness (QED) is 0.881. The first-order chi connectivity index (χ1) is 8.00. The predicted molar refractivity (Wildman–Crippen MR) is 70.0 cm³/mol. The minimum absolute atomic E-state index is 0. The maximum atomic E-state index is 13.3. The molecule has 0 aromatic heterocycles. The molecular weight excluding hydrogens is 279 g/mol. The van der Waals surface area contributed by atoms with Gasteiger partial charge >= 0.3 is 0 Å². The molecule has 0 spiro atoms. The van der Waals surface area contributed by atoms with Gasteiger partial charge in [0.15, 0.2) is 0 Å². The van der Waals surface area contributed by atoms with E-state index in [-0.39, 0.29) is 28.9 Å². The van der Waals surface area contributed by atoms with Crippen molar-refractivity contribution >= 4 is 22.4 Å². The Balaban J connectivity index is 0.00000162. The van der Waals surface area contributed by atoms with E-state index in [9.17, 15) is 12.8 Å². The summed E-state index contributed by atoms with van der Waals surface area (Å²) >= 11 is 0. The average molecular weight is 295 g/mol. The fourth-order valence-corrected chi connectivity index (χ4v) is 3.44. The summed E-state index contributed by atoms with van der Waals surface area (Å²) in [6, 6.07) is 3.97. The van der Waals surface area contributed by atoms with Crippen molar-refractivity contribution in [2.45, 2.75) is 24.3 Å². The van der Waals surface area contributed by atoms with E-state index in [0.717, 1.165) is 13.0 Å². The van der Waals surface area contributed by atoms with E-state index < -0.39 is 15.8 Å². The lowest BCUT2D eigenvalue weighted by Crippen LogP contribution is -2.36. The van der Waals surface area contributed by atoms with E-state index in [1.807, 2.05) is 0 Å². The first kappa shape index (κ1) is 15.4. The predicted octanol–water partition coefficient (Wildman–Crippen LogP) is 1.20. The molecule has 1 aliphatic heterocycles. The SMILES string of the molecule is Cc1c(F)cccc1S(=O)(=O)NC1CCNC1.Cl. The molecule has 0 aliphatic carbocycles. The first-order valence-corrected chi connectivity index (χ1v) is 6.97. The third-order valence-corrected chi connectivity index (χ3v) is 4.55. The number of halogens is 2. The molecule has 1 aliphatic rings. The van der Waals surface area contributed by atoms with Crippen LogP contribution >= 0.6 is 12.4 Å². The fraction of sp³-hybridized carbons (Fsp3) is 0.455. The highest BCUT2D eigenvalue weighted by Gasteiger charge is 2.24. The Bertz CT molecular complexity index is 516. The molecule has 1 aromatic rings. The van der Waals surface area contributed by atoms with Gasteiger partial charge in [-0.05, 0) is 32.0 Å². The lowest BCUT2D eigenvalue weighted by atomic mass is 10.2. The largest absolute Gasteiger partial charge is 0.315 e. The second-order valence-electron chi connectivity index (χ2n) is 4.17. The van der Waals surface area contributed by atoms with Crippen LogP contribution in [0.4, 0.5) is 4.39 Å². The topological polar surface area (TPSA) is 58.2 Å². The van der Waals surface area contributed by atoms with Crippen LogP contribution in [0.2, 0.25) is 0 Å². The van der Waals surface area contributed by atoms with Crippen molar-refractivity contribution in [3.05, 3.63) is 29.6 Å². The van der Waals surface area contributed by atoms with E-state index in [2.05, 4.69) is 10.0 Å². The summed E-state index contributed by atoms with van der Waals surface area (Å²) in [7, 11) is -3.63. The zero-order chi connectivity index (χ0) is 12.5. The van der Waals surface area contributed by atoms with E-state index >= 15 is 0 Å². The van der Waals surface area contributed by atoms with Gasteiger partial charge in [0.25, 0.3) is 0 Å². The minimum atomic E-state index is -3.63. The molecule has 18 heavy (non-hydrogen) atoms. The van der Waals surface area contributed by atoms with Crippen LogP contribution in [0.1, 0.15) is 12.0 Å². The zero-order valence-corrected chi connectivity index (χ0v) is 11.6. The molecule has 1 fully saturated rings. The van der Waals surface area contributed by atoms with E-state index in [4.69, 9.17) is 0 Å². The van der Waals surface area contributed by atoms with Gasteiger partial charge in [0.1, 0.15) is 5.82 Å². The van der Waals surface area contributed by atoms with Crippen LogP contribution in [-0.4, -0.2) is 27.5 Å². The standard InChI is InChI=1S/C11H15FN2O2S.ClH/c1-8-10(12)3-2-4-11(8)17(15,16)14-9-5-6-13-7-9;/h2-4,9,13-14H,5-7H2,1H3;1H. The number of benzene rings is 1. The molecule has 1 unspecified atom stereocenters. The number of rotatable bonds is 3. The van der Waals surface area contributed by atoms with Crippen molar-refractivity contribution in [2.75, 3.05) is 13.1 Å². The van der Waals surface area contributed by atoms with Crippen LogP contribution in [0.25, 0.3) is 0 Å². The van der Waals surface area contributed by atoms with Crippen LogP contribution in [0, 0.1) is 12.7 Å². The van der Waals surface area contributed by atoms with Gasteiger partial charge in [-0.3, -0.25) is 0 Å². The third-order valence-electron chi connectivity index (χ3n) is 2.89.